The first-order chi connectivity index (χ1) is 12.2. The van der Waals surface area contributed by atoms with Crippen molar-refractivity contribution in [2.75, 3.05) is 0 Å². The van der Waals surface area contributed by atoms with Crippen molar-refractivity contribution in [3.8, 4) is 22.1 Å². The molecular weight excluding hydrogens is 354 g/mol. The van der Waals surface area contributed by atoms with Crippen molar-refractivity contribution in [2.24, 2.45) is 0 Å². The van der Waals surface area contributed by atoms with E-state index in [1.807, 2.05) is 35.7 Å². The fraction of sp³-hybridized carbons (Fsp3) is 0.167. The van der Waals surface area contributed by atoms with Gasteiger partial charge in [0.25, 0.3) is 5.22 Å². The molecule has 0 atom stereocenters. The van der Waals surface area contributed by atoms with E-state index in [1.54, 1.807) is 11.3 Å². The molecule has 0 saturated carbocycles. The van der Waals surface area contributed by atoms with Crippen LogP contribution in [0.1, 0.15) is 16.8 Å². The first kappa shape index (κ1) is 16.1. The van der Waals surface area contributed by atoms with E-state index in [2.05, 4.69) is 35.3 Å². The molecule has 3 heterocycles. The molecule has 25 heavy (non-hydrogen) atoms. The molecule has 0 aliphatic rings. The summed E-state index contributed by atoms with van der Waals surface area (Å²) in [6.45, 7) is 4.11. The second-order valence-corrected chi connectivity index (χ2v) is 7.57. The summed E-state index contributed by atoms with van der Waals surface area (Å²) in [5, 5.41) is 14.9. The lowest BCUT2D eigenvalue weighted by Crippen LogP contribution is -1.82. The number of thiophene rings is 1. The Morgan fingerprint density at radius 2 is 1.92 bits per heavy atom. The van der Waals surface area contributed by atoms with Crippen LogP contribution in [0.25, 0.3) is 22.1 Å². The summed E-state index contributed by atoms with van der Waals surface area (Å²) in [6.07, 6.45) is 0. The second-order valence-electron chi connectivity index (χ2n) is 5.70. The number of hydrogen-bond donors (Lipinski definition) is 0. The van der Waals surface area contributed by atoms with E-state index in [1.165, 1.54) is 22.9 Å². The highest BCUT2D eigenvalue weighted by Crippen LogP contribution is 2.29. The Kier molecular flexibility index (Phi) is 4.42. The van der Waals surface area contributed by atoms with Crippen LogP contribution in [-0.4, -0.2) is 15.4 Å². The molecule has 0 fully saturated rings. The summed E-state index contributed by atoms with van der Waals surface area (Å²) in [5.74, 6) is 1.93. The maximum atomic E-state index is 5.76. The van der Waals surface area contributed by atoms with Crippen molar-refractivity contribution in [3.63, 3.8) is 0 Å². The van der Waals surface area contributed by atoms with Gasteiger partial charge in [-0.05, 0) is 37.4 Å². The average molecular weight is 369 g/mol. The van der Waals surface area contributed by atoms with Gasteiger partial charge in [-0.2, -0.15) is 0 Å². The van der Waals surface area contributed by atoms with Crippen molar-refractivity contribution < 1.29 is 8.94 Å². The molecule has 5 nitrogen and oxygen atoms in total. The van der Waals surface area contributed by atoms with Crippen LogP contribution < -0.4 is 0 Å². The quantitative estimate of drug-likeness (QED) is 0.441. The highest BCUT2D eigenvalue weighted by molar-refractivity contribution is 7.98. The molecular formula is C18H15N3O2S2. The zero-order chi connectivity index (χ0) is 17.2. The van der Waals surface area contributed by atoms with Crippen molar-refractivity contribution >= 4 is 23.1 Å². The van der Waals surface area contributed by atoms with Gasteiger partial charge in [0, 0.05) is 17.4 Å². The van der Waals surface area contributed by atoms with Gasteiger partial charge in [0.1, 0.15) is 0 Å². The SMILES string of the molecule is Cc1cc(C)cc(-c2nnc(SCc3cc(-c4cccs4)on3)o2)c1. The highest BCUT2D eigenvalue weighted by Gasteiger charge is 2.12. The Labute approximate surface area is 153 Å². The minimum atomic E-state index is 0.523. The smallest absolute Gasteiger partial charge is 0.277 e. The Bertz CT molecular complexity index is 969. The van der Waals surface area contributed by atoms with E-state index >= 15 is 0 Å². The predicted octanol–water partition coefficient (Wildman–Crippen LogP) is 5.36. The normalized spacial score (nSPS) is 11.1. The molecule has 4 aromatic rings. The van der Waals surface area contributed by atoms with Crippen LogP contribution in [0.3, 0.4) is 0 Å². The first-order valence-electron chi connectivity index (χ1n) is 7.72. The largest absolute Gasteiger partial charge is 0.411 e. The molecule has 0 N–H and O–H groups in total. The molecule has 0 saturated heterocycles. The Morgan fingerprint density at radius 1 is 1.08 bits per heavy atom. The maximum absolute atomic E-state index is 5.76. The van der Waals surface area contributed by atoms with Gasteiger partial charge in [0.15, 0.2) is 5.76 Å². The van der Waals surface area contributed by atoms with Gasteiger partial charge in [-0.3, -0.25) is 0 Å². The van der Waals surface area contributed by atoms with Crippen LogP contribution in [0.4, 0.5) is 0 Å². The van der Waals surface area contributed by atoms with Crippen LogP contribution >= 0.6 is 23.1 Å². The lowest BCUT2D eigenvalue weighted by atomic mass is 10.1. The van der Waals surface area contributed by atoms with E-state index in [0.29, 0.717) is 16.9 Å². The zero-order valence-corrected chi connectivity index (χ0v) is 15.4. The predicted molar refractivity (Wildman–Crippen MR) is 98.6 cm³/mol. The summed E-state index contributed by atoms with van der Waals surface area (Å²) >= 11 is 3.07. The number of thioether (sulfide) groups is 1. The molecule has 0 spiro atoms. The van der Waals surface area contributed by atoms with Gasteiger partial charge in [-0.1, -0.05) is 40.2 Å². The minimum absolute atomic E-state index is 0.523. The summed E-state index contributed by atoms with van der Waals surface area (Å²) in [5.41, 5.74) is 4.13. The fourth-order valence-corrected chi connectivity index (χ4v) is 3.85. The topological polar surface area (TPSA) is 65.0 Å². The third-order valence-electron chi connectivity index (χ3n) is 3.54. The van der Waals surface area contributed by atoms with E-state index in [-0.39, 0.29) is 0 Å². The molecule has 0 bridgehead atoms. The number of rotatable bonds is 5. The van der Waals surface area contributed by atoms with Gasteiger partial charge < -0.3 is 8.94 Å². The van der Waals surface area contributed by atoms with Gasteiger partial charge in [0.2, 0.25) is 5.89 Å². The Morgan fingerprint density at radius 3 is 2.68 bits per heavy atom. The molecule has 0 aliphatic heterocycles. The summed E-state index contributed by atoms with van der Waals surface area (Å²) in [6, 6.07) is 12.1. The van der Waals surface area contributed by atoms with Crippen LogP contribution in [-0.2, 0) is 5.75 Å². The summed E-state index contributed by atoms with van der Waals surface area (Å²) in [4.78, 5) is 1.07. The van der Waals surface area contributed by atoms with Crippen molar-refractivity contribution in [1.82, 2.24) is 15.4 Å². The fourth-order valence-electron chi connectivity index (χ4n) is 2.53. The lowest BCUT2D eigenvalue weighted by Gasteiger charge is -1.99. The lowest BCUT2D eigenvalue weighted by molar-refractivity contribution is 0.427. The van der Waals surface area contributed by atoms with Gasteiger partial charge in [-0.25, -0.2) is 0 Å². The monoisotopic (exact) mass is 369 g/mol. The first-order valence-corrected chi connectivity index (χ1v) is 9.58. The number of aryl methyl sites for hydroxylation is 2. The van der Waals surface area contributed by atoms with Crippen LogP contribution in [0, 0.1) is 13.8 Å². The maximum Gasteiger partial charge on any atom is 0.277 e. The van der Waals surface area contributed by atoms with Gasteiger partial charge >= 0.3 is 0 Å². The summed E-state index contributed by atoms with van der Waals surface area (Å²) < 4.78 is 11.1. The molecule has 0 amide bonds. The van der Waals surface area contributed by atoms with E-state index in [4.69, 9.17) is 8.94 Å². The third-order valence-corrected chi connectivity index (χ3v) is 5.28. The van der Waals surface area contributed by atoms with Crippen LogP contribution in [0.5, 0.6) is 0 Å². The second kappa shape index (κ2) is 6.85. The van der Waals surface area contributed by atoms with Crippen molar-refractivity contribution in [1.29, 1.82) is 0 Å². The molecule has 7 heteroatoms. The van der Waals surface area contributed by atoms with E-state index in [0.717, 1.165) is 21.9 Å². The summed E-state index contributed by atoms with van der Waals surface area (Å²) in [7, 11) is 0. The van der Waals surface area contributed by atoms with Crippen molar-refractivity contribution in [3.05, 3.63) is 58.6 Å². The van der Waals surface area contributed by atoms with Gasteiger partial charge in [0.05, 0.1) is 10.6 Å². The van der Waals surface area contributed by atoms with Crippen LogP contribution in [0.2, 0.25) is 0 Å². The van der Waals surface area contributed by atoms with Gasteiger partial charge in [-0.15, -0.1) is 21.5 Å². The minimum Gasteiger partial charge on any atom is -0.411 e. The molecule has 4 rings (SSSR count). The number of hydrogen-bond acceptors (Lipinski definition) is 7. The molecule has 3 aromatic heterocycles. The highest BCUT2D eigenvalue weighted by atomic mass is 32.2. The molecule has 126 valence electrons. The number of benzene rings is 1. The average Bonchev–Trinajstić information content (AvgIpc) is 3.32. The van der Waals surface area contributed by atoms with Crippen molar-refractivity contribution in [2.45, 2.75) is 24.8 Å². The van der Waals surface area contributed by atoms with Crippen LogP contribution in [0.15, 0.2) is 55.9 Å². The zero-order valence-electron chi connectivity index (χ0n) is 13.7. The molecule has 0 radical (unpaired) electrons. The molecule has 0 aliphatic carbocycles. The molecule has 1 aromatic carbocycles. The number of nitrogens with zero attached hydrogens (tertiary/aromatic N) is 3. The Hall–Kier alpha value is -2.38. The molecule has 0 unspecified atom stereocenters. The number of aromatic nitrogens is 3. The third kappa shape index (κ3) is 3.67. The van der Waals surface area contributed by atoms with E-state index < -0.39 is 0 Å². The Balaban J connectivity index is 1.45. The van der Waals surface area contributed by atoms with E-state index in [9.17, 15) is 0 Å². The standard InChI is InChI=1S/C18H15N3O2S2/c1-11-6-12(2)8-13(7-11)17-19-20-18(22-17)25-10-14-9-15(23-21-14)16-4-3-5-24-16/h3-9H,10H2,1-2H3.